The summed E-state index contributed by atoms with van der Waals surface area (Å²) >= 11 is 0. The molecule has 134 valence electrons. The van der Waals surface area contributed by atoms with Gasteiger partial charge in [0.25, 0.3) is 0 Å². The first kappa shape index (κ1) is 17.5. The second-order valence-electron chi connectivity index (χ2n) is 6.35. The van der Waals surface area contributed by atoms with Crippen LogP contribution >= 0.6 is 0 Å². The lowest BCUT2D eigenvalue weighted by molar-refractivity contribution is -0.121. The molecule has 0 saturated carbocycles. The Kier molecular flexibility index (Phi) is 6.06. The molecule has 2 aromatic rings. The van der Waals surface area contributed by atoms with E-state index in [1.54, 1.807) is 6.20 Å². The fourth-order valence-electron chi connectivity index (χ4n) is 3.07. The van der Waals surface area contributed by atoms with Crippen molar-refractivity contribution >= 4 is 11.6 Å². The highest BCUT2D eigenvalue weighted by Gasteiger charge is 2.25. The summed E-state index contributed by atoms with van der Waals surface area (Å²) < 4.78 is 7.56. The normalized spacial score (nSPS) is 15.9. The molecule has 0 unspecified atom stereocenters. The van der Waals surface area contributed by atoms with Gasteiger partial charge in [0.1, 0.15) is 12.4 Å². The number of rotatable bonds is 7. The Morgan fingerprint density at radius 2 is 2.04 bits per heavy atom. The average molecular weight is 342 g/mol. The fourth-order valence-corrected chi connectivity index (χ4v) is 3.07. The van der Waals surface area contributed by atoms with E-state index in [0.29, 0.717) is 6.61 Å². The molecular formula is C19H26N4O2. The number of ether oxygens (including phenoxy) is 1. The lowest BCUT2D eigenvalue weighted by Gasteiger charge is -2.31. The SMILES string of the molecule is CCn1cc(NC(=O)C2CCN(CCOc3ccccc3)CC2)cn1. The summed E-state index contributed by atoms with van der Waals surface area (Å²) in [5.41, 5.74) is 0.783. The Labute approximate surface area is 148 Å². The van der Waals surface area contributed by atoms with Gasteiger partial charge in [0.15, 0.2) is 0 Å². The molecule has 0 atom stereocenters. The van der Waals surface area contributed by atoms with Crippen molar-refractivity contribution in [3.63, 3.8) is 0 Å². The number of piperidine rings is 1. The number of para-hydroxylation sites is 1. The minimum absolute atomic E-state index is 0.0799. The number of aromatic nitrogens is 2. The number of aryl methyl sites for hydroxylation is 1. The third-order valence-electron chi connectivity index (χ3n) is 4.60. The van der Waals surface area contributed by atoms with Crippen molar-refractivity contribution in [1.29, 1.82) is 0 Å². The molecular weight excluding hydrogens is 316 g/mol. The Hall–Kier alpha value is -2.34. The number of anilines is 1. The van der Waals surface area contributed by atoms with Crippen LogP contribution in [0.25, 0.3) is 0 Å². The smallest absolute Gasteiger partial charge is 0.227 e. The molecule has 6 heteroatoms. The summed E-state index contributed by atoms with van der Waals surface area (Å²) in [7, 11) is 0. The van der Waals surface area contributed by atoms with Gasteiger partial charge in [-0.05, 0) is 45.0 Å². The van der Waals surface area contributed by atoms with Gasteiger partial charge in [0.05, 0.1) is 11.9 Å². The van der Waals surface area contributed by atoms with E-state index < -0.39 is 0 Å². The molecule has 3 rings (SSSR count). The van der Waals surface area contributed by atoms with Crippen molar-refractivity contribution in [3.8, 4) is 5.75 Å². The van der Waals surface area contributed by atoms with Crippen molar-refractivity contribution < 1.29 is 9.53 Å². The van der Waals surface area contributed by atoms with Crippen LogP contribution in [0.4, 0.5) is 5.69 Å². The predicted octanol–water partition coefficient (Wildman–Crippen LogP) is 2.63. The van der Waals surface area contributed by atoms with Crippen molar-refractivity contribution in [2.24, 2.45) is 5.92 Å². The number of amides is 1. The number of hydrogen-bond acceptors (Lipinski definition) is 4. The first-order valence-corrected chi connectivity index (χ1v) is 8.98. The van der Waals surface area contributed by atoms with Crippen molar-refractivity contribution in [3.05, 3.63) is 42.7 Å². The van der Waals surface area contributed by atoms with Crippen molar-refractivity contribution in [2.45, 2.75) is 26.3 Å². The lowest BCUT2D eigenvalue weighted by atomic mass is 9.96. The third-order valence-corrected chi connectivity index (χ3v) is 4.60. The topological polar surface area (TPSA) is 59.4 Å². The zero-order chi connectivity index (χ0) is 17.5. The minimum atomic E-state index is 0.0799. The summed E-state index contributed by atoms with van der Waals surface area (Å²) in [5.74, 6) is 1.09. The van der Waals surface area contributed by atoms with Gasteiger partial charge in [-0.1, -0.05) is 18.2 Å². The second-order valence-corrected chi connectivity index (χ2v) is 6.35. The predicted molar refractivity (Wildman–Crippen MR) is 97.6 cm³/mol. The summed E-state index contributed by atoms with van der Waals surface area (Å²) in [6.45, 7) is 6.27. The molecule has 1 fully saturated rings. The van der Waals surface area contributed by atoms with Crippen LogP contribution in [0.2, 0.25) is 0 Å². The van der Waals surface area contributed by atoms with Gasteiger partial charge >= 0.3 is 0 Å². The van der Waals surface area contributed by atoms with Crippen LogP contribution < -0.4 is 10.1 Å². The van der Waals surface area contributed by atoms with Gasteiger partial charge in [0.2, 0.25) is 5.91 Å². The Morgan fingerprint density at radius 3 is 2.72 bits per heavy atom. The van der Waals surface area contributed by atoms with Crippen LogP contribution in [0, 0.1) is 5.92 Å². The van der Waals surface area contributed by atoms with E-state index in [-0.39, 0.29) is 11.8 Å². The lowest BCUT2D eigenvalue weighted by Crippen LogP contribution is -2.39. The average Bonchev–Trinajstić information content (AvgIpc) is 3.11. The van der Waals surface area contributed by atoms with Crippen LogP contribution in [0.15, 0.2) is 42.7 Å². The van der Waals surface area contributed by atoms with E-state index in [1.165, 1.54) is 0 Å². The Balaban J connectivity index is 1.37. The van der Waals surface area contributed by atoms with E-state index in [2.05, 4.69) is 15.3 Å². The van der Waals surface area contributed by atoms with Crippen molar-refractivity contribution in [1.82, 2.24) is 14.7 Å². The van der Waals surface area contributed by atoms with Gasteiger partial charge < -0.3 is 10.1 Å². The van der Waals surface area contributed by atoms with E-state index in [1.807, 2.05) is 48.1 Å². The monoisotopic (exact) mass is 342 g/mol. The highest BCUT2D eigenvalue weighted by molar-refractivity contribution is 5.92. The molecule has 1 amide bonds. The van der Waals surface area contributed by atoms with E-state index >= 15 is 0 Å². The van der Waals surface area contributed by atoms with E-state index in [9.17, 15) is 4.79 Å². The number of benzene rings is 1. The summed E-state index contributed by atoms with van der Waals surface area (Å²) in [6, 6.07) is 9.87. The van der Waals surface area contributed by atoms with Crippen LogP contribution in [-0.4, -0.2) is 46.8 Å². The van der Waals surface area contributed by atoms with E-state index in [0.717, 1.165) is 50.5 Å². The first-order chi connectivity index (χ1) is 12.2. The summed E-state index contributed by atoms with van der Waals surface area (Å²) in [5, 5.41) is 7.16. The number of nitrogens with one attached hydrogen (secondary N) is 1. The van der Waals surface area contributed by atoms with Gasteiger partial charge in [-0.25, -0.2) is 0 Å². The maximum absolute atomic E-state index is 12.4. The highest BCUT2D eigenvalue weighted by atomic mass is 16.5. The quantitative estimate of drug-likeness (QED) is 0.840. The zero-order valence-corrected chi connectivity index (χ0v) is 14.7. The van der Waals surface area contributed by atoms with Gasteiger partial charge in [0, 0.05) is 25.2 Å². The molecule has 2 heterocycles. The molecule has 1 aromatic carbocycles. The summed E-state index contributed by atoms with van der Waals surface area (Å²) in [4.78, 5) is 14.7. The maximum atomic E-state index is 12.4. The van der Waals surface area contributed by atoms with Crippen molar-refractivity contribution in [2.75, 3.05) is 31.6 Å². The Bertz CT molecular complexity index is 663. The molecule has 1 aromatic heterocycles. The molecule has 1 N–H and O–H groups in total. The molecule has 1 saturated heterocycles. The Morgan fingerprint density at radius 1 is 1.28 bits per heavy atom. The molecule has 6 nitrogen and oxygen atoms in total. The maximum Gasteiger partial charge on any atom is 0.227 e. The molecule has 0 aliphatic carbocycles. The fraction of sp³-hybridized carbons (Fsp3) is 0.474. The summed E-state index contributed by atoms with van der Waals surface area (Å²) in [6.07, 6.45) is 5.35. The number of hydrogen-bond donors (Lipinski definition) is 1. The third kappa shape index (κ3) is 5.06. The molecule has 0 spiro atoms. The molecule has 25 heavy (non-hydrogen) atoms. The van der Waals surface area contributed by atoms with Crippen LogP contribution in [0.1, 0.15) is 19.8 Å². The van der Waals surface area contributed by atoms with Crippen LogP contribution in [0.3, 0.4) is 0 Å². The number of nitrogens with zero attached hydrogens (tertiary/aromatic N) is 3. The minimum Gasteiger partial charge on any atom is -0.492 e. The number of carbonyl (C=O) groups excluding carboxylic acids is 1. The van der Waals surface area contributed by atoms with Crippen LogP contribution in [-0.2, 0) is 11.3 Å². The standard InChI is InChI=1S/C19H26N4O2/c1-2-23-15-17(14-20-23)21-19(24)16-8-10-22(11-9-16)12-13-25-18-6-4-3-5-7-18/h3-7,14-16H,2,8-13H2,1H3,(H,21,24). The zero-order valence-electron chi connectivity index (χ0n) is 14.7. The molecule has 0 radical (unpaired) electrons. The number of likely N-dealkylation sites (tertiary alicyclic amines) is 1. The van der Waals surface area contributed by atoms with Gasteiger partial charge in [-0.2, -0.15) is 5.10 Å². The molecule has 1 aliphatic rings. The largest absolute Gasteiger partial charge is 0.492 e. The first-order valence-electron chi connectivity index (χ1n) is 8.98. The van der Waals surface area contributed by atoms with E-state index in [4.69, 9.17) is 4.74 Å². The number of carbonyl (C=O) groups is 1. The highest BCUT2D eigenvalue weighted by Crippen LogP contribution is 2.19. The molecule has 1 aliphatic heterocycles. The molecule has 0 bridgehead atoms. The van der Waals surface area contributed by atoms with Gasteiger partial charge in [-0.3, -0.25) is 14.4 Å². The second kappa shape index (κ2) is 8.67. The van der Waals surface area contributed by atoms with Crippen LogP contribution in [0.5, 0.6) is 5.75 Å². The van der Waals surface area contributed by atoms with Gasteiger partial charge in [-0.15, -0.1) is 0 Å².